The van der Waals surface area contributed by atoms with Gasteiger partial charge < -0.3 is 20.1 Å². The Hall–Kier alpha value is -3.09. The van der Waals surface area contributed by atoms with Crippen molar-refractivity contribution in [2.45, 2.75) is 44.8 Å². The van der Waals surface area contributed by atoms with Crippen molar-refractivity contribution in [2.24, 2.45) is 0 Å². The first-order chi connectivity index (χ1) is 14.2. The van der Waals surface area contributed by atoms with Crippen molar-refractivity contribution >= 4 is 11.8 Å². The molecule has 0 aliphatic heterocycles. The molecule has 0 radical (unpaired) electrons. The van der Waals surface area contributed by atoms with E-state index in [1.165, 1.54) is 12.8 Å². The van der Waals surface area contributed by atoms with Gasteiger partial charge >= 0.3 is 11.8 Å². The Bertz CT molecular complexity index is 820. The molecule has 1 saturated carbocycles. The Morgan fingerprint density at radius 2 is 1.86 bits per heavy atom. The number of carbonyl (C=O) groups is 2. The molecule has 0 atom stereocenters. The topological polar surface area (TPSA) is 89.5 Å². The summed E-state index contributed by atoms with van der Waals surface area (Å²) in [7, 11) is 1.63. The van der Waals surface area contributed by atoms with Crippen LogP contribution < -0.4 is 20.1 Å². The number of benzene rings is 1. The normalized spacial score (nSPS) is 13.7. The van der Waals surface area contributed by atoms with Gasteiger partial charge in [0.05, 0.1) is 25.5 Å². The highest BCUT2D eigenvalue weighted by Crippen LogP contribution is 2.32. The summed E-state index contributed by atoms with van der Waals surface area (Å²) in [6.07, 6.45) is 6.99. The second kappa shape index (κ2) is 10.5. The van der Waals surface area contributed by atoms with Crippen molar-refractivity contribution in [3.63, 3.8) is 0 Å². The van der Waals surface area contributed by atoms with Crippen molar-refractivity contribution in [3.05, 3.63) is 53.9 Å². The van der Waals surface area contributed by atoms with Gasteiger partial charge in [-0.1, -0.05) is 12.1 Å². The molecule has 2 N–H and O–H groups in total. The Balaban J connectivity index is 1.46. The lowest BCUT2D eigenvalue weighted by Crippen LogP contribution is -2.40. The van der Waals surface area contributed by atoms with Crippen LogP contribution in [0, 0.1) is 0 Å². The maximum Gasteiger partial charge on any atom is 0.309 e. The number of hydrogen-bond acceptors (Lipinski definition) is 5. The summed E-state index contributed by atoms with van der Waals surface area (Å²) in [5, 5.41) is 5.21. The number of nitrogens with one attached hydrogen (secondary N) is 2. The molecular weight excluding hydrogens is 370 g/mol. The maximum absolute atomic E-state index is 12.0. The van der Waals surface area contributed by atoms with Gasteiger partial charge in [-0.25, -0.2) is 0 Å². The molecule has 1 aliphatic rings. The zero-order chi connectivity index (χ0) is 20.5. The molecule has 29 heavy (non-hydrogen) atoms. The molecule has 3 rings (SSSR count). The van der Waals surface area contributed by atoms with E-state index in [9.17, 15) is 9.59 Å². The Morgan fingerprint density at radius 1 is 1.07 bits per heavy atom. The highest BCUT2D eigenvalue weighted by molar-refractivity contribution is 6.35. The van der Waals surface area contributed by atoms with E-state index in [0.29, 0.717) is 24.4 Å². The lowest BCUT2D eigenvalue weighted by atomic mass is 10.1. The highest BCUT2D eigenvalue weighted by atomic mass is 16.5. The van der Waals surface area contributed by atoms with E-state index >= 15 is 0 Å². The fraction of sp³-hybridized carbons (Fsp3) is 0.409. The van der Waals surface area contributed by atoms with Crippen molar-refractivity contribution in [2.75, 3.05) is 13.7 Å². The third-order valence-electron chi connectivity index (χ3n) is 4.89. The fourth-order valence-corrected chi connectivity index (χ4v) is 3.31. The summed E-state index contributed by atoms with van der Waals surface area (Å²) >= 11 is 0. The molecule has 1 heterocycles. The predicted octanol–water partition coefficient (Wildman–Crippen LogP) is 2.39. The molecule has 2 aromatic rings. The summed E-state index contributed by atoms with van der Waals surface area (Å²) in [6, 6.07) is 11.2. The van der Waals surface area contributed by atoms with Crippen LogP contribution in [0.3, 0.4) is 0 Å². The fourth-order valence-electron chi connectivity index (χ4n) is 3.31. The van der Waals surface area contributed by atoms with E-state index in [1.807, 2.05) is 24.3 Å². The molecule has 1 aromatic heterocycles. The zero-order valence-electron chi connectivity index (χ0n) is 16.6. The largest absolute Gasteiger partial charge is 0.493 e. The number of ether oxygens (including phenoxy) is 2. The average Bonchev–Trinajstić information content (AvgIpc) is 3.26. The smallest absolute Gasteiger partial charge is 0.309 e. The number of carbonyl (C=O) groups excluding carboxylic acids is 2. The average molecular weight is 397 g/mol. The van der Waals surface area contributed by atoms with Gasteiger partial charge in [0.1, 0.15) is 0 Å². The first-order valence-corrected chi connectivity index (χ1v) is 9.95. The zero-order valence-corrected chi connectivity index (χ0v) is 16.6. The van der Waals surface area contributed by atoms with Crippen LogP contribution in [0.2, 0.25) is 0 Å². The van der Waals surface area contributed by atoms with E-state index < -0.39 is 11.8 Å². The van der Waals surface area contributed by atoms with Crippen LogP contribution in [-0.2, 0) is 22.6 Å². The molecule has 0 saturated heterocycles. The SMILES string of the molecule is COc1ccc(CCNC(=O)C(=O)NCc2ccccn2)cc1OC1CCCC1. The van der Waals surface area contributed by atoms with Gasteiger partial charge in [-0.15, -0.1) is 0 Å². The molecule has 154 valence electrons. The number of pyridine rings is 1. The van der Waals surface area contributed by atoms with Crippen LogP contribution in [0.25, 0.3) is 0 Å². The minimum absolute atomic E-state index is 0.216. The van der Waals surface area contributed by atoms with Gasteiger partial charge in [-0.2, -0.15) is 0 Å². The van der Waals surface area contributed by atoms with Crippen molar-refractivity contribution in [1.82, 2.24) is 15.6 Å². The number of nitrogens with zero attached hydrogens (tertiary/aromatic N) is 1. The number of hydrogen-bond donors (Lipinski definition) is 2. The van der Waals surface area contributed by atoms with Crippen molar-refractivity contribution in [1.29, 1.82) is 0 Å². The van der Waals surface area contributed by atoms with Crippen LogP contribution in [0.15, 0.2) is 42.6 Å². The summed E-state index contributed by atoms with van der Waals surface area (Å²) in [6.45, 7) is 0.568. The van der Waals surface area contributed by atoms with E-state index in [0.717, 1.165) is 24.2 Å². The number of aromatic nitrogens is 1. The van der Waals surface area contributed by atoms with Crippen LogP contribution in [0.1, 0.15) is 36.9 Å². The van der Waals surface area contributed by atoms with Crippen LogP contribution in [-0.4, -0.2) is 36.6 Å². The predicted molar refractivity (Wildman–Crippen MR) is 109 cm³/mol. The van der Waals surface area contributed by atoms with E-state index in [2.05, 4.69) is 15.6 Å². The lowest BCUT2D eigenvalue weighted by molar-refractivity contribution is -0.139. The quantitative estimate of drug-likeness (QED) is 0.668. The van der Waals surface area contributed by atoms with Gasteiger partial charge in [0.25, 0.3) is 0 Å². The molecule has 7 heteroatoms. The van der Waals surface area contributed by atoms with Crippen LogP contribution in [0.5, 0.6) is 11.5 Å². The Labute approximate surface area is 170 Å². The molecule has 1 fully saturated rings. The van der Waals surface area contributed by atoms with Crippen molar-refractivity contribution in [3.8, 4) is 11.5 Å². The molecule has 2 amide bonds. The number of methoxy groups -OCH3 is 1. The number of amides is 2. The summed E-state index contributed by atoms with van der Waals surface area (Å²) in [5.41, 5.74) is 1.70. The van der Waals surface area contributed by atoms with Gasteiger partial charge in [-0.3, -0.25) is 14.6 Å². The Kier molecular flexibility index (Phi) is 7.44. The molecule has 1 aromatic carbocycles. The first-order valence-electron chi connectivity index (χ1n) is 9.95. The molecular formula is C22H27N3O4. The van der Waals surface area contributed by atoms with E-state index in [-0.39, 0.29) is 12.6 Å². The van der Waals surface area contributed by atoms with Crippen molar-refractivity contribution < 1.29 is 19.1 Å². The van der Waals surface area contributed by atoms with E-state index in [1.54, 1.807) is 25.4 Å². The number of rotatable bonds is 8. The van der Waals surface area contributed by atoms with Crippen LogP contribution >= 0.6 is 0 Å². The van der Waals surface area contributed by atoms with Gasteiger partial charge in [0.15, 0.2) is 11.5 Å². The van der Waals surface area contributed by atoms with Gasteiger partial charge in [0, 0.05) is 12.7 Å². The van der Waals surface area contributed by atoms with E-state index in [4.69, 9.17) is 9.47 Å². The standard InChI is InChI=1S/C22H27N3O4/c1-28-19-10-9-16(14-20(19)29-18-7-2-3-8-18)11-13-24-21(26)22(27)25-15-17-6-4-5-12-23-17/h4-6,9-10,12,14,18H,2-3,7-8,11,13,15H2,1H3,(H,24,26)(H,25,27). The molecule has 1 aliphatic carbocycles. The second-order valence-corrected chi connectivity index (χ2v) is 7.02. The molecule has 0 bridgehead atoms. The highest BCUT2D eigenvalue weighted by Gasteiger charge is 2.19. The molecule has 7 nitrogen and oxygen atoms in total. The monoisotopic (exact) mass is 397 g/mol. The Morgan fingerprint density at radius 3 is 2.59 bits per heavy atom. The summed E-state index contributed by atoms with van der Waals surface area (Å²) < 4.78 is 11.5. The second-order valence-electron chi connectivity index (χ2n) is 7.02. The third-order valence-corrected chi connectivity index (χ3v) is 4.89. The summed E-state index contributed by atoms with van der Waals surface area (Å²) in [4.78, 5) is 28.0. The molecule has 0 spiro atoms. The minimum atomic E-state index is -0.671. The molecule has 0 unspecified atom stereocenters. The lowest BCUT2D eigenvalue weighted by Gasteiger charge is -2.17. The van der Waals surface area contributed by atoms with Gasteiger partial charge in [-0.05, 0) is 61.9 Å². The minimum Gasteiger partial charge on any atom is -0.493 e. The third kappa shape index (κ3) is 6.20. The first kappa shape index (κ1) is 20.6. The van der Waals surface area contributed by atoms with Gasteiger partial charge in [0.2, 0.25) is 0 Å². The maximum atomic E-state index is 12.0. The summed E-state index contributed by atoms with van der Waals surface area (Å²) in [5.74, 6) is 0.113. The van der Waals surface area contributed by atoms with Crippen LogP contribution in [0.4, 0.5) is 0 Å².